The second-order valence-corrected chi connectivity index (χ2v) is 9.77. The van der Waals surface area contributed by atoms with Crippen molar-refractivity contribution >= 4 is 29.3 Å². The van der Waals surface area contributed by atoms with Gasteiger partial charge in [0.15, 0.2) is 6.61 Å². The average molecular weight is 585 g/mol. The van der Waals surface area contributed by atoms with Gasteiger partial charge in [0, 0.05) is 35.9 Å². The Morgan fingerprint density at radius 1 is 1.00 bits per heavy atom. The zero-order chi connectivity index (χ0) is 30.2. The lowest BCUT2D eigenvalue weighted by Gasteiger charge is -2.25. The zero-order valence-electron chi connectivity index (χ0n) is 24.3. The predicted octanol–water partition coefficient (Wildman–Crippen LogP) is 4.71. The Morgan fingerprint density at radius 2 is 1.73 bits per heavy atom. The number of rotatable bonds is 17. The number of unbranched alkanes of at least 4 members (excludes halogenated alkanes) is 2. The van der Waals surface area contributed by atoms with Gasteiger partial charge in [-0.25, -0.2) is 0 Å². The van der Waals surface area contributed by atoms with Gasteiger partial charge in [-0.05, 0) is 56.2 Å². The first kappa shape index (κ1) is 33.2. The summed E-state index contributed by atoms with van der Waals surface area (Å²) in [5.74, 6) is 0.150. The molecule has 0 heterocycles. The lowest BCUT2D eigenvalue weighted by atomic mass is 10.2. The number of hydrogen-bond donors (Lipinski definition) is 3. The number of nitrogens with one attached hydrogen (secondary N) is 3. The quantitative estimate of drug-likeness (QED) is 0.184. The number of nitrogens with zero attached hydrogens (tertiary/aromatic N) is 1. The van der Waals surface area contributed by atoms with Crippen LogP contribution in [0, 0.1) is 0 Å². The number of likely N-dealkylation sites (N-methyl/N-ethyl adjacent to an activating group) is 1. The highest BCUT2D eigenvalue weighted by molar-refractivity contribution is 6.30. The molecule has 0 aliphatic rings. The molecule has 0 radical (unpaired) electrons. The van der Waals surface area contributed by atoms with Gasteiger partial charge in [0.1, 0.15) is 18.0 Å². The molecule has 2 aromatic rings. The molecule has 0 spiro atoms. The van der Waals surface area contributed by atoms with Crippen LogP contribution in [0.3, 0.4) is 0 Å². The summed E-state index contributed by atoms with van der Waals surface area (Å²) in [7, 11) is 1.60. The van der Waals surface area contributed by atoms with Gasteiger partial charge in [-0.2, -0.15) is 0 Å². The van der Waals surface area contributed by atoms with E-state index in [1.165, 1.54) is 4.90 Å². The first-order valence-corrected chi connectivity index (χ1v) is 14.0. The van der Waals surface area contributed by atoms with E-state index in [0.29, 0.717) is 35.1 Å². The average Bonchev–Trinajstić information content (AvgIpc) is 2.97. The Labute approximate surface area is 247 Å². The first-order chi connectivity index (χ1) is 19.7. The van der Waals surface area contributed by atoms with Crippen LogP contribution >= 0.6 is 11.6 Å². The third kappa shape index (κ3) is 11.6. The van der Waals surface area contributed by atoms with E-state index < -0.39 is 5.91 Å². The summed E-state index contributed by atoms with van der Waals surface area (Å²) >= 11 is 6.17. The summed E-state index contributed by atoms with van der Waals surface area (Å²) in [4.78, 5) is 39.7. The number of amides is 3. The second kappa shape index (κ2) is 17.7. The number of benzene rings is 2. The van der Waals surface area contributed by atoms with E-state index >= 15 is 0 Å². The molecule has 0 aliphatic heterocycles. The van der Waals surface area contributed by atoms with Crippen LogP contribution in [0.1, 0.15) is 51.2 Å². The Bertz CT molecular complexity index is 1210. The van der Waals surface area contributed by atoms with Gasteiger partial charge in [-0.1, -0.05) is 56.2 Å². The molecule has 0 unspecified atom stereocenters. The van der Waals surface area contributed by atoms with Crippen molar-refractivity contribution in [2.45, 2.75) is 53.1 Å². The van der Waals surface area contributed by atoms with Gasteiger partial charge >= 0.3 is 0 Å². The molecule has 3 amide bonds. The number of methoxy groups -OCH3 is 1. The van der Waals surface area contributed by atoms with E-state index in [2.05, 4.69) is 29.5 Å². The van der Waals surface area contributed by atoms with E-state index in [1.54, 1.807) is 25.3 Å². The van der Waals surface area contributed by atoms with Crippen molar-refractivity contribution in [3.05, 3.63) is 82.7 Å². The summed E-state index contributed by atoms with van der Waals surface area (Å²) in [6.07, 6.45) is 4.72. The van der Waals surface area contributed by atoms with Gasteiger partial charge in [-0.3, -0.25) is 14.4 Å². The molecule has 0 atom stereocenters. The molecule has 2 rings (SSSR count). The molecular weight excluding hydrogens is 544 g/mol. The van der Waals surface area contributed by atoms with Crippen molar-refractivity contribution in [2.75, 3.05) is 26.8 Å². The third-order valence-corrected chi connectivity index (χ3v) is 6.36. The molecule has 2 aromatic carbocycles. The maximum atomic E-state index is 13.4. The van der Waals surface area contributed by atoms with Gasteiger partial charge in [0.25, 0.3) is 11.8 Å². The van der Waals surface area contributed by atoms with Crippen molar-refractivity contribution in [3.63, 3.8) is 0 Å². The topological polar surface area (TPSA) is 109 Å². The first-order valence-electron chi connectivity index (χ1n) is 13.7. The van der Waals surface area contributed by atoms with Crippen molar-refractivity contribution in [2.24, 2.45) is 0 Å². The summed E-state index contributed by atoms with van der Waals surface area (Å²) in [5, 5.41) is 9.03. The molecule has 0 saturated carbocycles. The minimum atomic E-state index is -0.396. The number of carbonyl (C=O) groups excluding carboxylic acids is 3. The number of hydrogen-bond acceptors (Lipinski definition) is 6. The molecular formula is C31H41ClN4O5. The maximum absolute atomic E-state index is 13.4. The maximum Gasteiger partial charge on any atom is 0.273 e. The van der Waals surface area contributed by atoms with Crippen LogP contribution < -0.4 is 25.4 Å². The van der Waals surface area contributed by atoms with Crippen LogP contribution in [0.25, 0.3) is 0 Å². The summed E-state index contributed by atoms with van der Waals surface area (Å²) in [5.41, 5.74) is 2.40. The monoisotopic (exact) mass is 584 g/mol. The van der Waals surface area contributed by atoms with E-state index in [1.807, 2.05) is 44.2 Å². The smallest absolute Gasteiger partial charge is 0.273 e. The minimum Gasteiger partial charge on any atom is -0.497 e. The number of carbonyl (C=O) groups is 3. The summed E-state index contributed by atoms with van der Waals surface area (Å²) in [6.45, 7) is 10.3. The highest BCUT2D eigenvalue weighted by Crippen LogP contribution is 2.23. The van der Waals surface area contributed by atoms with Crippen molar-refractivity contribution in [1.82, 2.24) is 20.9 Å². The molecule has 0 aromatic heterocycles. The normalized spacial score (nSPS) is 10.9. The fraction of sp³-hybridized carbons (Fsp3) is 0.387. The van der Waals surface area contributed by atoms with Gasteiger partial charge in [0.2, 0.25) is 5.91 Å². The Hall–Kier alpha value is -3.98. The number of ether oxygens (including phenoxy) is 2. The van der Waals surface area contributed by atoms with Gasteiger partial charge in [0.05, 0.1) is 12.8 Å². The third-order valence-electron chi connectivity index (χ3n) is 6.12. The Balaban J connectivity index is 2.08. The molecule has 9 nitrogen and oxygen atoms in total. The van der Waals surface area contributed by atoms with Crippen LogP contribution in [0.4, 0.5) is 0 Å². The van der Waals surface area contributed by atoms with Crippen molar-refractivity contribution in [1.29, 1.82) is 0 Å². The predicted molar refractivity (Wildman–Crippen MR) is 161 cm³/mol. The van der Waals surface area contributed by atoms with Crippen LogP contribution in [-0.2, 0) is 27.5 Å². The van der Waals surface area contributed by atoms with E-state index in [-0.39, 0.29) is 37.2 Å². The molecule has 222 valence electrons. The Morgan fingerprint density at radius 3 is 2.39 bits per heavy atom. The largest absolute Gasteiger partial charge is 0.497 e. The summed E-state index contributed by atoms with van der Waals surface area (Å²) < 4.78 is 10.8. The second-order valence-electron chi connectivity index (χ2n) is 9.33. The van der Waals surface area contributed by atoms with Crippen molar-refractivity contribution < 1.29 is 23.9 Å². The van der Waals surface area contributed by atoms with Crippen molar-refractivity contribution in [3.8, 4) is 11.5 Å². The molecule has 0 fully saturated rings. The number of halogens is 1. The molecule has 41 heavy (non-hydrogen) atoms. The summed E-state index contributed by atoms with van der Waals surface area (Å²) in [6, 6.07) is 12.4. The molecule has 3 N–H and O–H groups in total. The Kier molecular flexibility index (Phi) is 14.3. The van der Waals surface area contributed by atoms with Crippen LogP contribution in [-0.4, -0.2) is 49.4 Å². The van der Waals surface area contributed by atoms with Crippen LogP contribution in [0.5, 0.6) is 11.5 Å². The highest BCUT2D eigenvalue weighted by Gasteiger charge is 2.22. The SMILES string of the molecule is C=C(NCc1ccc(OC)cc1)C(=O)N(CC(=O)NCc1cc(Cl)ccc1OCC(=O)NCC)/C(C)=C\CCCC. The molecule has 0 aliphatic carbocycles. The molecule has 0 saturated heterocycles. The zero-order valence-corrected chi connectivity index (χ0v) is 25.1. The van der Waals surface area contributed by atoms with Crippen LogP contribution in [0.2, 0.25) is 5.02 Å². The van der Waals surface area contributed by atoms with E-state index in [9.17, 15) is 14.4 Å². The van der Waals surface area contributed by atoms with Crippen LogP contribution in [0.15, 0.2) is 66.5 Å². The van der Waals surface area contributed by atoms with Gasteiger partial charge < -0.3 is 30.3 Å². The lowest BCUT2D eigenvalue weighted by Crippen LogP contribution is -2.42. The lowest BCUT2D eigenvalue weighted by molar-refractivity contribution is -0.131. The van der Waals surface area contributed by atoms with E-state index in [4.69, 9.17) is 21.1 Å². The molecule has 0 bridgehead atoms. The fourth-order valence-corrected chi connectivity index (χ4v) is 3.98. The number of allylic oxidation sites excluding steroid dienone is 2. The molecule has 10 heteroatoms. The standard InChI is InChI=1S/C31H41ClN4O5/c1-6-8-9-10-22(3)36(31(39)23(4)34-18-24-11-14-27(40-5)15-12-24)20-29(37)35-19-25-17-26(32)13-16-28(25)41-21-30(38)33-7-2/h10-17,34H,4,6-9,18-21H2,1-3,5H3,(H,33,38)(H,35,37)/b22-10-. The minimum absolute atomic E-state index is 0.0986. The fourth-order valence-electron chi connectivity index (χ4n) is 3.78. The highest BCUT2D eigenvalue weighted by atomic mass is 35.5. The van der Waals surface area contributed by atoms with Gasteiger partial charge in [-0.15, -0.1) is 0 Å². The van der Waals surface area contributed by atoms with E-state index in [0.717, 1.165) is 30.6 Å².